The van der Waals surface area contributed by atoms with Crippen LogP contribution in [0.4, 0.5) is 0 Å². The summed E-state index contributed by atoms with van der Waals surface area (Å²) >= 11 is 1.58. The molecule has 7 heteroatoms. The maximum Gasteiger partial charge on any atom is 0.254 e. The van der Waals surface area contributed by atoms with Crippen LogP contribution in [0.5, 0.6) is 5.75 Å². The fourth-order valence-electron chi connectivity index (χ4n) is 2.49. The topological polar surface area (TPSA) is 64.8 Å². The Morgan fingerprint density at radius 1 is 1.23 bits per heavy atom. The summed E-state index contributed by atoms with van der Waals surface area (Å²) in [5, 5.41) is 6.08. The van der Waals surface area contributed by atoms with Gasteiger partial charge in [0.1, 0.15) is 11.4 Å². The molecule has 0 saturated heterocycles. The van der Waals surface area contributed by atoms with E-state index >= 15 is 0 Å². The molecule has 2 heterocycles. The molecule has 136 valence electrons. The van der Waals surface area contributed by atoms with Crippen molar-refractivity contribution in [3.63, 3.8) is 0 Å². The lowest BCUT2D eigenvalue weighted by Crippen LogP contribution is -2.33. The molecule has 0 spiro atoms. The van der Waals surface area contributed by atoms with Gasteiger partial charge >= 0.3 is 0 Å². The zero-order valence-corrected chi connectivity index (χ0v) is 15.5. The first-order valence-corrected chi connectivity index (χ1v) is 9.01. The van der Waals surface area contributed by atoms with E-state index in [1.165, 1.54) is 0 Å². The van der Waals surface area contributed by atoms with Crippen LogP contribution in [0.15, 0.2) is 52.4 Å². The van der Waals surface area contributed by atoms with Gasteiger partial charge in [0.2, 0.25) is 0 Å². The predicted molar refractivity (Wildman–Crippen MR) is 99.4 cm³/mol. The third-order valence-corrected chi connectivity index (χ3v) is 4.75. The maximum atomic E-state index is 12.9. The molecule has 0 radical (unpaired) electrons. The summed E-state index contributed by atoms with van der Waals surface area (Å²) in [6, 6.07) is 12.8. The van der Waals surface area contributed by atoms with Crippen molar-refractivity contribution in [2.75, 3.05) is 27.4 Å². The monoisotopic (exact) mass is 372 g/mol. The first-order chi connectivity index (χ1) is 12.7. The average Bonchev–Trinajstić information content (AvgIpc) is 3.36. The molecule has 0 bridgehead atoms. The summed E-state index contributed by atoms with van der Waals surface area (Å²) in [6.07, 6.45) is 0. The molecule has 1 aromatic carbocycles. The van der Waals surface area contributed by atoms with Gasteiger partial charge in [-0.05, 0) is 35.7 Å². The summed E-state index contributed by atoms with van der Waals surface area (Å²) in [7, 11) is 3.21. The number of aromatic nitrogens is 1. The number of thiophene rings is 1. The molecule has 6 nitrogen and oxygen atoms in total. The number of benzene rings is 1. The molecule has 0 atom stereocenters. The van der Waals surface area contributed by atoms with E-state index in [0.29, 0.717) is 42.5 Å². The molecular formula is C19H20N2O4S. The van der Waals surface area contributed by atoms with Gasteiger partial charge in [0, 0.05) is 25.3 Å². The average molecular weight is 372 g/mol. The van der Waals surface area contributed by atoms with Gasteiger partial charge in [-0.25, -0.2) is 0 Å². The zero-order valence-electron chi connectivity index (χ0n) is 14.7. The molecule has 0 saturated carbocycles. The second kappa shape index (κ2) is 8.64. The van der Waals surface area contributed by atoms with Crippen LogP contribution in [-0.2, 0) is 11.3 Å². The third kappa shape index (κ3) is 4.30. The Bertz CT molecular complexity index is 828. The Morgan fingerprint density at radius 3 is 2.69 bits per heavy atom. The van der Waals surface area contributed by atoms with Gasteiger partial charge in [-0.2, -0.15) is 0 Å². The molecule has 1 amide bonds. The van der Waals surface area contributed by atoms with Crippen molar-refractivity contribution in [1.82, 2.24) is 10.1 Å². The van der Waals surface area contributed by atoms with Gasteiger partial charge < -0.3 is 18.9 Å². The summed E-state index contributed by atoms with van der Waals surface area (Å²) in [4.78, 5) is 15.6. The van der Waals surface area contributed by atoms with Crippen molar-refractivity contribution in [3.05, 3.63) is 59.1 Å². The Morgan fingerprint density at radius 2 is 2.04 bits per heavy atom. The van der Waals surface area contributed by atoms with Gasteiger partial charge in [0.05, 0.1) is 25.1 Å². The molecule has 2 aromatic heterocycles. The lowest BCUT2D eigenvalue weighted by molar-refractivity contribution is 0.0676. The van der Waals surface area contributed by atoms with Crippen molar-refractivity contribution in [2.45, 2.75) is 6.54 Å². The largest absolute Gasteiger partial charge is 0.497 e. The van der Waals surface area contributed by atoms with Gasteiger partial charge in [-0.1, -0.05) is 11.2 Å². The van der Waals surface area contributed by atoms with E-state index < -0.39 is 0 Å². The number of ether oxygens (including phenoxy) is 2. The number of hydrogen-bond donors (Lipinski definition) is 0. The van der Waals surface area contributed by atoms with Gasteiger partial charge in [-0.15, -0.1) is 11.3 Å². The summed E-state index contributed by atoms with van der Waals surface area (Å²) in [6.45, 7) is 1.25. The lowest BCUT2D eigenvalue weighted by atomic mass is 10.2. The molecule has 3 aromatic rings. The van der Waals surface area contributed by atoms with E-state index in [9.17, 15) is 4.79 Å². The fraction of sp³-hybridized carbons (Fsp3) is 0.263. The zero-order chi connectivity index (χ0) is 18.4. The molecule has 26 heavy (non-hydrogen) atoms. The van der Waals surface area contributed by atoms with Gasteiger partial charge in [-0.3, -0.25) is 4.79 Å². The molecule has 3 rings (SSSR count). The van der Waals surface area contributed by atoms with Gasteiger partial charge in [0.25, 0.3) is 5.91 Å². The molecule has 0 unspecified atom stereocenters. The Labute approximate surface area is 155 Å². The highest BCUT2D eigenvalue weighted by Crippen LogP contribution is 2.25. The third-order valence-electron chi connectivity index (χ3n) is 3.87. The first kappa shape index (κ1) is 18.2. The number of nitrogens with zero attached hydrogens (tertiary/aromatic N) is 2. The second-order valence-corrected chi connectivity index (χ2v) is 6.56. The van der Waals surface area contributed by atoms with Crippen molar-refractivity contribution in [3.8, 4) is 16.4 Å². The number of carbonyl (C=O) groups is 1. The molecule has 0 N–H and O–H groups in total. The van der Waals surface area contributed by atoms with Crippen molar-refractivity contribution >= 4 is 17.2 Å². The van der Waals surface area contributed by atoms with Crippen LogP contribution in [0.25, 0.3) is 10.6 Å². The predicted octanol–water partition coefficient (Wildman–Crippen LogP) is 3.70. The standard InChI is InChI=1S/C19H20N2O4S/c1-23-10-9-21(19(22)14-5-7-16(24-2)8-6-14)13-15-12-17(25-20-15)18-4-3-11-26-18/h3-8,11-12H,9-10,13H2,1-2H3. The molecule has 0 aliphatic heterocycles. The number of hydrogen-bond acceptors (Lipinski definition) is 6. The molecule has 0 aliphatic carbocycles. The fourth-order valence-corrected chi connectivity index (χ4v) is 3.16. The minimum Gasteiger partial charge on any atom is -0.497 e. The van der Waals surface area contributed by atoms with Gasteiger partial charge in [0.15, 0.2) is 5.76 Å². The Hall–Kier alpha value is -2.64. The van der Waals surface area contributed by atoms with Crippen LogP contribution < -0.4 is 4.74 Å². The highest BCUT2D eigenvalue weighted by atomic mass is 32.1. The summed E-state index contributed by atoms with van der Waals surface area (Å²) in [5.41, 5.74) is 1.29. The second-order valence-electron chi connectivity index (χ2n) is 5.61. The van der Waals surface area contributed by atoms with E-state index in [-0.39, 0.29) is 5.91 Å². The van der Waals surface area contributed by atoms with Crippen molar-refractivity contribution in [2.24, 2.45) is 0 Å². The van der Waals surface area contributed by atoms with Crippen LogP contribution in [0.1, 0.15) is 16.1 Å². The molecule has 0 aliphatic rings. The van der Waals surface area contributed by atoms with Crippen LogP contribution in [0.3, 0.4) is 0 Å². The highest BCUT2D eigenvalue weighted by Gasteiger charge is 2.18. The molecular weight excluding hydrogens is 352 g/mol. The van der Waals surface area contributed by atoms with E-state index in [1.807, 2.05) is 23.6 Å². The van der Waals surface area contributed by atoms with Crippen molar-refractivity contribution in [1.29, 1.82) is 0 Å². The first-order valence-electron chi connectivity index (χ1n) is 8.13. The van der Waals surface area contributed by atoms with Crippen molar-refractivity contribution < 1.29 is 18.8 Å². The summed E-state index contributed by atoms with van der Waals surface area (Å²) < 4.78 is 15.7. The number of carbonyl (C=O) groups excluding carboxylic acids is 1. The normalized spacial score (nSPS) is 10.7. The number of amides is 1. The van der Waals surface area contributed by atoms with E-state index in [2.05, 4.69) is 5.16 Å². The molecule has 0 fully saturated rings. The minimum atomic E-state index is -0.0922. The minimum absolute atomic E-state index is 0.0922. The number of methoxy groups -OCH3 is 2. The maximum absolute atomic E-state index is 12.9. The highest BCUT2D eigenvalue weighted by molar-refractivity contribution is 7.13. The van der Waals surface area contributed by atoms with E-state index in [1.54, 1.807) is 54.7 Å². The lowest BCUT2D eigenvalue weighted by Gasteiger charge is -2.21. The van der Waals surface area contributed by atoms with E-state index in [0.717, 1.165) is 4.88 Å². The summed E-state index contributed by atoms with van der Waals surface area (Å²) in [5.74, 6) is 1.33. The van der Waals surface area contributed by atoms with E-state index in [4.69, 9.17) is 14.0 Å². The SMILES string of the molecule is COCCN(Cc1cc(-c2cccs2)on1)C(=O)c1ccc(OC)cc1. The van der Waals surface area contributed by atoms with Crippen LogP contribution >= 0.6 is 11.3 Å². The van der Waals surface area contributed by atoms with Crippen LogP contribution in [-0.4, -0.2) is 43.3 Å². The smallest absolute Gasteiger partial charge is 0.254 e. The van der Waals surface area contributed by atoms with Crippen LogP contribution in [0.2, 0.25) is 0 Å². The quantitative estimate of drug-likeness (QED) is 0.603. The van der Waals surface area contributed by atoms with Crippen LogP contribution in [0, 0.1) is 0 Å². The Balaban J connectivity index is 1.75. The number of rotatable bonds is 8. The Kier molecular flexibility index (Phi) is 6.04.